The number of likely N-dealkylation sites (N-methyl/N-ethyl adjacent to an activating group) is 1. The molecular formula is C29H27Cl2F3N3O2+. The Labute approximate surface area is 234 Å². The molecule has 0 aliphatic carbocycles. The number of carbonyl (C=O) groups excluding carboxylic acids is 2. The van der Waals surface area contributed by atoms with Gasteiger partial charge >= 0.3 is 6.18 Å². The number of anilines is 2. The third-order valence-corrected chi connectivity index (χ3v) is 8.32. The molecule has 3 aromatic rings. The smallest absolute Gasteiger partial charge is 0.320 e. The SMILES string of the molecule is Cc1ccc2c(c1)C1C[N+](C)(CC(=O)Nc3cc(C(F)(F)F)ccc3Cl)CCC1N2C(=O)c1ccccc1Cl. The fraction of sp³-hybridized carbons (Fsp3) is 0.310. The highest BCUT2D eigenvalue weighted by molar-refractivity contribution is 6.34. The number of aryl methyl sites for hydroxylation is 1. The number of fused-ring (bicyclic) bond motifs is 3. The van der Waals surface area contributed by atoms with Crippen LogP contribution in [0.5, 0.6) is 0 Å². The Morgan fingerprint density at radius 2 is 1.79 bits per heavy atom. The Morgan fingerprint density at radius 1 is 1.05 bits per heavy atom. The van der Waals surface area contributed by atoms with Gasteiger partial charge in [0.15, 0.2) is 6.54 Å². The van der Waals surface area contributed by atoms with Gasteiger partial charge in [-0.15, -0.1) is 0 Å². The van der Waals surface area contributed by atoms with E-state index >= 15 is 0 Å². The number of likely N-dealkylation sites (tertiary alicyclic amines) is 1. The highest BCUT2D eigenvalue weighted by Crippen LogP contribution is 2.47. The van der Waals surface area contributed by atoms with Crippen LogP contribution in [0.3, 0.4) is 0 Å². The average molecular weight is 577 g/mol. The molecular weight excluding hydrogens is 550 g/mol. The zero-order valence-electron chi connectivity index (χ0n) is 21.4. The summed E-state index contributed by atoms with van der Waals surface area (Å²) in [4.78, 5) is 28.6. The lowest BCUT2D eigenvalue weighted by Gasteiger charge is -2.44. The molecule has 0 radical (unpaired) electrons. The molecule has 2 aliphatic rings. The number of benzene rings is 3. The van der Waals surface area contributed by atoms with Crippen LogP contribution in [-0.2, 0) is 11.0 Å². The van der Waals surface area contributed by atoms with E-state index in [1.807, 2.05) is 31.0 Å². The van der Waals surface area contributed by atoms with Crippen LogP contribution in [0.15, 0.2) is 60.7 Å². The molecule has 1 fully saturated rings. The van der Waals surface area contributed by atoms with Gasteiger partial charge in [-0.3, -0.25) is 9.59 Å². The number of hydrogen-bond donors (Lipinski definition) is 1. The van der Waals surface area contributed by atoms with Gasteiger partial charge in [-0.05, 0) is 48.9 Å². The number of rotatable bonds is 4. The van der Waals surface area contributed by atoms with Crippen molar-refractivity contribution in [2.45, 2.75) is 31.5 Å². The highest BCUT2D eigenvalue weighted by atomic mass is 35.5. The molecule has 39 heavy (non-hydrogen) atoms. The Morgan fingerprint density at radius 3 is 2.51 bits per heavy atom. The first-order valence-electron chi connectivity index (χ1n) is 12.5. The third kappa shape index (κ3) is 5.38. The second-order valence-electron chi connectivity index (χ2n) is 10.6. The molecule has 1 saturated heterocycles. The van der Waals surface area contributed by atoms with E-state index < -0.39 is 17.6 Å². The molecule has 0 saturated carbocycles. The molecule has 0 bridgehead atoms. The molecule has 10 heteroatoms. The van der Waals surface area contributed by atoms with Crippen LogP contribution in [0.4, 0.5) is 24.5 Å². The van der Waals surface area contributed by atoms with Gasteiger partial charge in [0.2, 0.25) is 0 Å². The van der Waals surface area contributed by atoms with Crippen molar-refractivity contribution in [3.05, 3.63) is 93.0 Å². The zero-order valence-corrected chi connectivity index (χ0v) is 22.9. The highest BCUT2D eigenvalue weighted by Gasteiger charge is 2.49. The molecule has 0 spiro atoms. The minimum Gasteiger partial charge on any atom is -0.320 e. The second-order valence-corrected chi connectivity index (χ2v) is 11.4. The lowest BCUT2D eigenvalue weighted by atomic mass is 9.87. The van der Waals surface area contributed by atoms with Crippen molar-refractivity contribution in [3.8, 4) is 0 Å². The first-order chi connectivity index (χ1) is 18.4. The topological polar surface area (TPSA) is 49.4 Å². The van der Waals surface area contributed by atoms with Crippen molar-refractivity contribution in [2.75, 3.05) is 36.9 Å². The molecule has 204 valence electrons. The van der Waals surface area contributed by atoms with E-state index in [0.717, 1.165) is 35.0 Å². The molecule has 5 nitrogen and oxygen atoms in total. The number of quaternary nitrogens is 1. The van der Waals surface area contributed by atoms with Crippen LogP contribution in [-0.4, -0.2) is 49.0 Å². The number of halogens is 5. The quantitative estimate of drug-likeness (QED) is 0.343. The largest absolute Gasteiger partial charge is 0.416 e. The molecule has 5 rings (SSSR count). The number of amides is 2. The maximum Gasteiger partial charge on any atom is 0.416 e. The van der Waals surface area contributed by atoms with Crippen LogP contribution < -0.4 is 10.2 Å². The van der Waals surface area contributed by atoms with Crippen molar-refractivity contribution in [1.29, 1.82) is 0 Å². The fourth-order valence-corrected chi connectivity index (χ4v) is 6.20. The average Bonchev–Trinajstić information content (AvgIpc) is 3.16. The Bertz CT molecular complexity index is 1460. The maximum atomic E-state index is 13.7. The minimum absolute atomic E-state index is 0.0185. The second kappa shape index (κ2) is 10.2. The first kappa shape index (κ1) is 27.5. The predicted octanol–water partition coefficient (Wildman–Crippen LogP) is 6.92. The van der Waals surface area contributed by atoms with Crippen molar-refractivity contribution in [2.24, 2.45) is 0 Å². The van der Waals surface area contributed by atoms with Gasteiger partial charge in [0, 0.05) is 12.1 Å². The summed E-state index contributed by atoms with van der Waals surface area (Å²) in [6.45, 7) is 3.23. The van der Waals surface area contributed by atoms with Crippen LogP contribution in [0, 0.1) is 6.92 Å². The zero-order chi connectivity index (χ0) is 28.1. The summed E-state index contributed by atoms with van der Waals surface area (Å²) < 4.78 is 39.9. The molecule has 1 N–H and O–H groups in total. The van der Waals surface area contributed by atoms with Gasteiger partial charge in [0.25, 0.3) is 11.8 Å². The van der Waals surface area contributed by atoms with E-state index in [4.69, 9.17) is 23.2 Å². The number of nitrogens with one attached hydrogen (secondary N) is 1. The fourth-order valence-electron chi connectivity index (χ4n) is 5.82. The van der Waals surface area contributed by atoms with Crippen LogP contribution >= 0.6 is 23.2 Å². The van der Waals surface area contributed by atoms with Crippen molar-refractivity contribution >= 4 is 46.4 Å². The summed E-state index contributed by atoms with van der Waals surface area (Å²) >= 11 is 12.5. The molecule has 3 aromatic carbocycles. The van der Waals surface area contributed by atoms with E-state index in [9.17, 15) is 22.8 Å². The van der Waals surface area contributed by atoms with Gasteiger partial charge < -0.3 is 14.7 Å². The Hall–Kier alpha value is -3.07. The van der Waals surface area contributed by atoms with Crippen molar-refractivity contribution < 1.29 is 27.2 Å². The summed E-state index contributed by atoms with van der Waals surface area (Å²) in [5, 5.41) is 3.00. The normalized spacial score (nSPS) is 22.3. The predicted molar refractivity (Wildman–Crippen MR) is 146 cm³/mol. The summed E-state index contributed by atoms with van der Waals surface area (Å²) in [5.41, 5.74) is 2.43. The van der Waals surface area contributed by atoms with Crippen LogP contribution in [0.25, 0.3) is 0 Å². The molecule has 3 unspecified atom stereocenters. The van der Waals surface area contributed by atoms with Crippen LogP contribution in [0.2, 0.25) is 10.0 Å². The number of nitrogens with zero attached hydrogens (tertiary/aromatic N) is 2. The van der Waals surface area contributed by atoms with E-state index in [1.165, 1.54) is 0 Å². The monoisotopic (exact) mass is 576 g/mol. The van der Waals surface area contributed by atoms with Crippen LogP contribution in [0.1, 0.15) is 39.4 Å². The summed E-state index contributed by atoms with van der Waals surface area (Å²) in [6.07, 6.45) is -3.91. The Kier molecular flexibility index (Phi) is 7.16. The standard InChI is InChI=1S/C29H26Cl2F3N3O2/c1-17-7-10-25-20(13-17)21-15-37(2,12-11-26(21)36(25)28(39)19-5-3-4-6-22(19)30)16-27(38)35-24-14-18(29(32,33)34)8-9-23(24)31/h3-10,13-14,21,26H,11-12,15-16H2,1-2H3/p+1. The molecule has 2 amide bonds. The van der Waals surface area contributed by atoms with Gasteiger partial charge in [0.05, 0.1) is 59.0 Å². The molecule has 0 aromatic heterocycles. The summed E-state index contributed by atoms with van der Waals surface area (Å²) in [6, 6.07) is 15.8. The number of piperidine rings is 1. The Balaban J connectivity index is 1.38. The molecule has 3 atom stereocenters. The first-order valence-corrected chi connectivity index (χ1v) is 13.3. The minimum atomic E-state index is -4.55. The van der Waals surface area contributed by atoms with E-state index in [0.29, 0.717) is 34.6 Å². The lowest BCUT2D eigenvalue weighted by Crippen LogP contribution is -2.58. The molecule has 2 heterocycles. The van der Waals surface area contributed by atoms with Crippen molar-refractivity contribution in [1.82, 2.24) is 0 Å². The number of hydrogen-bond acceptors (Lipinski definition) is 2. The summed E-state index contributed by atoms with van der Waals surface area (Å²) in [5.74, 6) is -0.607. The van der Waals surface area contributed by atoms with Gasteiger partial charge in [0.1, 0.15) is 0 Å². The summed E-state index contributed by atoms with van der Waals surface area (Å²) in [7, 11) is 1.96. The third-order valence-electron chi connectivity index (χ3n) is 7.66. The number of carbonyl (C=O) groups is 2. The van der Waals surface area contributed by atoms with Crippen molar-refractivity contribution in [3.63, 3.8) is 0 Å². The molecule has 2 aliphatic heterocycles. The van der Waals surface area contributed by atoms with Gasteiger partial charge in [-0.25, -0.2) is 0 Å². The number of alkyl halides is 3. The van der Waals surface area contributed by atoms with Gasteiger partial charge in [-0.2, -0.15) is 13.2 Å². The van der Waals surface area contributed by atoms with Gasteiger partial charge in [-0.1, -0.05) is 53.0 Å². The van der Waals surface area contributed by atoms with E-state index in [-0.39, 0.29) is 35.1 Å². The lowest BCUT2D eigenvalue weighted by molar-refractivity contribution is -0.907. The van der Waals surface area contributed by atoms with E-state index in [2.05, 4.69) is 11.4 Å². The maximum absolute atomic E-state index is 13.7. The van der Waals surface area contributed by atoms with E-state index in [1.54, 1.807) is 24.3 Å².